The Morgan fingerprint density at radius 2 is 1.82 bits per heavy atom. The lowest BCUT2D eigenvalue weighted by molar-refractivity contribution is 0.162. The van der Waals surface area contributed by atoms with Crippen molar-refractivity contribution in [2.45, 2.75) is 29.6 Å². The lowest BCUT2D eigenvalue weighted by Gasteiger charge is -2.23. The molecule has 0 saturated carbocycles. The Balaban J connectivity index is 1.88. The Hall–Kier alpha value is -0.810. The van der Waals surface area contributed by atoms with E-state index < -0.39 is 5.76 Å². The number of hydrogen-bond donors (Lipinski definition) is 1. The van der Waals surface area contributed by atoms with Gasteiger partial charge in [0.15, 0.2) is 0 Å². The third-order valence-electron chi connectivity index (χ3n) is 2.64. The first-order valence-corrected chi connectivity index (χ1v) is 6.54. The summed E-state index contributed by atoms with van der Waals surface area (Å²) in [5.41, 5.74) is 0. The molecule has 1 fully saturated rings. The van der Waals surface area contributed by atoms with Gasteiger partial charge in [-0.05, 0) is 50.2 Å². The molecular weight excluding hydrogens is 244 g/mol. The van der Waals surface area contributed by atoms with Crippen molar-refractivity contribution < 1.29 is 13.5 Å². The van der Waals surface area contributed by atoms with E-state index in [9.17, 15) is 8.78 Å². The summed E-state index contributed by atoms with van der Waals surface area (Å²) in [5.74, 6) is -1.61. The highest BCUT2D eigenvalue weighted by atomic mass is 32.2. The predicted molar refractivity (Wildman–Crippen MR) is 64.8 cm³/mol. The largest absolute Gasteiger partial charge is 0.490 e. The van der Waals surface area contributed by atoms with Crippen LogP contribution in [-0.2, 0) is 0 Å². The van der Waals surface area contributed by atoms with Gasteiger partial charge >= 0.3 is 0 Å². The molecule has 0 spiro atoms. The SMILES string of the molecule is FC(F)Sc1ccc(OC2CCNCC2)cc1. The molecule has 0 aromatic heterocycles. The first kappa shape index (κ1) is 12.6. The molecule has 0 atom stereocenters. The maximum atomic E-state index is 12.1. The van der Waals surface area contributed by atoms with Crippen LogP contribution < -0.4 is 10.1 Å². The zero-order valence-corrected chi connectivity index (χ0v) is 10.2. The Morgan fingerprint density at radius 1 is 1.18 bits per heavy atom. The molecule has 2 nitrogen and oxygen atoms in total. The van der Waals surface area contributed by atoms with Gasteiger partial charge in [0, 0.05) is 4.90 Å². The van der Waals surface area contributed by atoms with Crippen LogP contribution in [0.1, 0.15) is 12.8 Å². The van der Waals surface area contributed by atoms with E-state index in [4.69, 9.17) is 4.74 Å². The van der Waals surface area contributed by atoms with Crippen molar-refractivity contribution in [2.75, 3.05) is 13.1 Å². The molecular formula is C12H15F2NOS. The van der Waals surface area contributed by atoms with Gasteiger partial charge in [0.1, 0.15) is 11.9 Å². The third kappa shape index (κ3) is 4.16. The lowest BCUT2D eigenvalue weighted by Crippen LogP contribution is -2.34. The normalized spacial score (nSPS) is 17.4. The molecule has 1 aliphatic rings. The average Bonchev–Trinajstić information content (AvgIpc) is 2.32. The standard InChI is InChI=1S/C12H15F2NOS/c13-12(14)17-11-3-1-9(2-4-11)16-10-5-7-15-8-6-10/h1-4,10,12,15H,5-8H2. The van der Waals surface area contributed by atoms with Crippen LogP contribution in [0, 0.1) is 0 Å². The fourth-order valence-corrected chi connectivity index (χ4v) is 2.30. The monoisotopic (exact) mass is 259 g/mol. The molecule has 94 valence electrons. The molecule has 0 aliphatic carbocycles. The topological polar surface area (TPSA) is 21.3 Å². The van der Waals surface area contributed by atoms with Gasteiger partial charge in [0.2, 0.25) is 0 Å². The van der Waals surface area contributed by atoms with Gasteiger partial charge in [0.25, 0.3) is 5.76 Å². The fourth-order valence-electron chi connectivity index (χ4n) is 1.81. The first-order chi connectivity index (χ1) is 8.24. The molecule has 1 aromatic carbocycles. The molecule has 0 unspecified atom stereocenters. The second-order valence-electron chi connectivity index (χ2n) is 3.92. The number of thioether (sulfide) groups is 1. The molecule has 5 heteroatoms. The molecule has 0 bridgehead atoms. The average molecular weight is 259 g/mol. The minimum Gasteiger partial charge on any atom is -0.490 e. The van der Waals surface area contributed by atoms with Crippen LogP contribution in [0.2, 0.25) is 0 Å². The molecule has 1 heterocycles. The van der Waals surface area contributed by atoms with Gasteiger partial charge in [0.05, 0.1) is 0 Å². The van der Waals surface area contributed by atoms with Gasteiger partial charge in [-0.3, -0.25) is 0 Å². The van der Waals surface area contributed by atoms with E-state index in [0.717, 1.165) is 31.7 Å². The Morgan fingerprint density at radius 3 is 2.41 bits per heavy atom. The molecule has 17 heavy (non-hydrogen) atoms. The summed E-state index contributed by atoms with van der Waals surface area (Å²) in [5, 5.41) is 3.26. The van der Waals surface area contributed by atoms with E-state index in [1.165, 1.54) is 0 Å². The van der Waals surface area contributed by atoms with Crippen LogP contribution in [0.15, 0.2) is 29.2 Å². The molecule has 1 saturated heterocycles. The number of benzene rings is 1. The van der Waals surface area contributed by atoms with Crippen LogP contribution >= 0.6 is 11.8 Å². The number of piperidine rings is 1. The number of hydrogen-bond acceptors (Lipinski definition) is 3. The maximum absolute atomic E-state index is 12.1. The molecule has 1 N–H and O–H groups in total. The summed E-state index contributed by atoms with van der Waals surface area (Å²) in [7, 11) is 0. The maximum Gasteiger partial charge on any atom is 0.288 e. The highest BCUT2D eigenvalue weighted by Crippen LogP contribution is 2.27. The summed E-state index contributed by atoms with van der Waals surface area (Å²) < 4.78 is 30.0. The van der Waals surface area contributed by atoms with Gasteiger partial charge in [-0.1, -0.05) is 11.8 Å². The molecule has 0 radical (unpaired) electrons. The van der Waals surface area contributed by atoms with Crippen molar-refractivity contribution in [3.8, 4) is 5.75 Å². The van der Waals surface area contributed by atoms with Crippen LogP contribution in [0.4, 0.5) is 8.78 Å². The van der Waals surface area contributed by atoms with Crippen molar-refractivity contribution in [3.05, 3.63) is 24.3 Å². The zero-order chi connectivity index (χ0) is 12.1. The van der Waals surface area contributed by atoms with Crippen LogP contribution in [0.25, 0.3) is 0 Å². The summed E-state index contributed by atoms with van der Waals surface area (Å²) in [6, 6.07) is 6.86. The second kappa shape index (κ2) is 6.21. The molecule has 1 aliphatic heterocycles. The van der Waals surface area contributed by atoms with Gasteiger partial charge < -0.3 is 10.1 Å². The van der Waals surface area contributed by atoms with Gasteiger partial charge in [-0.2, -0.15) is 8.78 Å². The predicted octanol–water partition coefficient (Wildman–Crippen LogP) is 3.13. The van der Waals surface area contributed by atoms with Gasteiger partial charge in [-0.15, -0.1) is 0 Å². The molecule has 1 aromatic rings. The number of halogens is 2. The van der Waals surface area contributed by atoms with E-state index in [-0.39, 0.29) is 6.10 Å². The Bertz CT molecular complexity index is 339. The number of alkyl halides is 2. The molecule has 0 amide bonds. The van der Waals surface area contributed by atoms with Gasteiger partial charge in [-0.25, -0.2) is 0 Å². The van der Waals surface area contributed by atoms with Crippen molar-refractivity contribution in [3.63, 3.8) is 0 Å². The van der Waals surface area contributed by atoms with E-state index in [0.29, 0.717) is 16.7 Å². The molecule has 2 rings (SSSR count). The van der Waals surface area contributed by atoms with E-state index in [1.54, 1.807) is 24.3 Å². The number of rotatable bonds is 4. The zero-order valence-electron chi connectivity index (χ0n) is 9.36. The highest BCUT2D eigenvalue weighted by Gasteiger charge is 2.14. The van der Waals surface area contributed by atoms with Crippen LogP contribution in [-0.4, -0.2) is 25.0 Å². The van der Waals surface area contributed by atoms with Crippen molar-refractivity contribution in [1.29, 1.82) is 0 Å². The minimum absolute atomic E-state index is 0.241. The Kier molecular flexibility index (Phi) is 4.62. The van der Waals surface area contributed by atoms with Crippen LogP contribution in [0.3, 0.4) is 0 Å². The number of ether oxygens (including phenoxy) is 1. The smallest absolute Gasteiger partial charge is 0.288 e. The lowest BCUT2D eigenvalue weighted by atomic mass is 10.1. The first-order valence-electron chi connectivity index (χ1n) is 5.66. The van der Waals surface area contributed by atoms with Crippen molar-refractivity contribution in [2.24, 2.45) is 0 Å². The van der Waals surface area contributed by atoms with E-state index in [1.807, 2.05) is 0 Å². The van der Waals surface area contributed by atoms with E-state index >= 15 is 0 Å². The van der Waals surface area contributed by atoms with Crippen molar-refractivity contribution >= 4 is 11.8 Å². The minimum atomic E-state index is -2.37. The fraction of sp³-hybridized carbons (Fsp3) is 0.500. The van der Waals surface area contributed by atoms with Crippen molar-refractivity contribution in [1.82, 2.24) is 5.32 Å². The van der Waals surface area contributed by atoms with Crippen LogP contribution in [0.5, 0.6) is 5.75 Å². The summed E-state index contributed by atoms with van der Waals surface area (Å²) >= 11 is 0.554. The summed E-state index contributed by atoms with van der Waals surface area (Å²) in [6.45, 7) is 1.95. The summed E-state index contributed by atoms with van der Waals surface area (Å²) in [4.78, 5) is 0.567. The third-order valence-corrected chi connectivity index (χ3v) is 3.36. The van der Waals surface area contributed by atoms with E-state index in [2.05, 4.69) is 5.32 Å². The quantitative estimate of drug-likeness (QED) is 0.839. The number of nitrogens with one attached hydrogen (secondary N) is 1. The highest BCUT2D eigenvalue weighted by molar-refractivity contribution is 7.99. The summed E-state index contributed by atoms with van der Waals surface area (Å²) in [6.07, 6.45) is 2.23. The Labute approximate surface area is 104 Å². The second-order valence-corrected chi connectivity index (χ2v) is 4.98.